The van der Waals surface area contributed by atoms with Crippen molar-refractivity contribution in [3.05, 3.63) is 33.9 Å². The molecule has 3 rings (SSSR count). The Morgan fingerprint density at radius 3 is 2.51 bits per heavy atom. The fourth-order valence-electron chi connectivity index (χ4n) is 4.96. The van der Waals surface area contributed by atoms with Gasteiger partial charge in [0, 0.05) is 11.1 Å². The predicted molar refractivity (Wildman–Crippen MR) is 144 cm³/mol. The van der Waals surface area contributed by atoms with Crippen LogP contribution in [0.5, 0.6) is 5.75 Å². The van der Waals surface area contributed by atoms with Gasteiger partial charge in [0.25, 0.3) is 9.70 Å². The van der Waals surface area contributed by atoms with E-state index in [2.05, 4.69) is 10.2 Å². The number of aliphatic carboxylic acids is 1. The topological polar surface area (TPSA) is 105 Å². The van der Waals surface area contributed by atoms with Crippen LogP contribution in [0, 0.1) is 12.8 Å². The van der Waals surface area contributed by atoms with Crippen LogP contribution in [0.2, 0.25) is 0 Å². The number of esters is 1. The number of hydrogen-bond donors (Lipinski definition) is 2. The van der Waals surface area contributed by atoms with E-state index in [0.29, 0.717) is 35.3 Å². The van der Waals surface area contributed by atoms with Gasteiger partial charge in [0.2, 0.25) is 0 Å². The molecule has 2 heterocycles. The van der Waals surface area contributed by atoms with Gasteiger partial charge in [0.05, 0.1) is 24.3 Å². The summed E-state index contributed by atoms with van der Waals surface area (Å²) in [5.41, 5.74) is 3.05. The van der Waals surface area contributed by atoms with Crippen molar-refractivity contribution in [2.75, 3.05) is 32.1 Å². The third kappa shape index (κ3) is 7.31. The van der Waals surface area contributed by atoms with Gasteiger partial charge in [0.1, 0.15) is 12.4 Å². The highest BCUT2D eigenvalue weighted by Gasteiger charge is 2.36. The van der Waals surface area contributed by atoms with Crippen LogP contribution in [0.1, 0.15) is 66.1 Å². The largest absolute Gasteiger partial charge is 0.496 e. The molecule has 1 aromatic rings. The number of carbonyl (C=O) groups excluding carboxylic acids is 2. The highest BCUT2D eigenvalue weighted by molar-refractivity contribution is 6.76. The smallest absolute Gasteiger partial charge is 0.341 e. The normalized spacial score (nSPS) is 17.2. The fraction of sp³-hybridized carbons (Fsp3) is 0.577. The number of halogens is 3. The molecule has 1 fully saturated rings. The maximum absolute atomic E-state index is 12.6. The zero-order chi connectivity index (χ0) is 27.3. The van der Waals surface area contributed by atoms with E-state index < -0.39 is 27.6 Å². The second kappa shape index (κ2) is 12.7. The maximum Gasteiger partial charge on any atom is 0.341 e. The van der Waals surface area contributed by atoms with Gasteiger partial charge in [-0.05, 0) is 71.1 Å². The van der Waals surface area contributed by atoms with Crippen molar-refractivity contribution < 1.29 is 29.0 Å². The molecule has 11 heteroatoms. The third-order valence-electron chi connectivity index (χ3n) is 6.99. The van der Waals surface area contributed by atoms with Crippen molar-refractivity contribution in [1.82, 2.24) is 4.90 Å². The van der Waals surface area contributed by atoms with Crippen molar-refractivity contribution >= 4 is 58.3 Å². The van der Waals surface area contributed by atoms with Gasteiger partial charge in [-0.1, -0.05) is 52.9 Å². The molecule has 0 bridgehead atoms. The molecule has 2 aliphatic rings. The number of hydrogen-bond acceptors (Lipinski definition) is 6. The summed E-state index contributed by atoms with van der Waals surface area (Å²) in [5, 5.41) is 12.4. The predicted octanol–water partition coefficient (Wildman–Crippen LogP) is 5.44. The first-order valence-corrected chi connectivity index (χ1v) is 13.5. The second-order valence-corrected chi connectivity index (χ2v) is 11.9. The van der Waals surface area contributed by atoms with Crippen molar-refractivity contribution in [3.63, 3.8) is 0 Å². The molecule has 0 aliphatic carbocycles. The number of carboxylic acids is 1. The quantitative estimate of drug-likeness (QED) is 0.217. The molecule has 8 nitrogen and oxygen atoms in total. The van der Waals surface area contributed by atoms with Crippen LogP contribution in [0.3, 0.4) is 0 Å². The van der Waals surface area contributed by atoms with Crippen LogP contribution in [-0.4, -0.2) is 58.4 Å². The molecule has 1 atom stereocenters. The minimum absolute atomic E-state index is 0.0411. The number of ether oxygens (including phenoxy) is 2. The highest BCUT2D eigenvalue weighted by Crippen LogP contribution is 2.42. The Balaban J connectivity index is 1.87. The standard InChI is InChI=1S/C26H33Cl3N2O6/c1-15(13-17(23(32)33)9-12-31-10-5-4-6-11-31)7-8-18-21(30-25(35)26(27,28)29)20-19(14-37-24(20)34)16(2)22(18)36-3/h7,17H,4-6,8-14H2,1-3H3,(H,30,35)(H,32,33)/b15-7+. The molecule has 0 saturated carbocycles. The van der Waals surface area contributed by atoms with Gasteiger partial charge in [-0.25, -0.2) is 4.79 Å². The molecule has 0 aromatic heterocycles. The molecule has 1 aromatic carbocycles. The van der Waals surface area contributed by atoms with E-state index in [1.165, 1.54) is 13.5 Å². The number of benzene rings is 1. The molecule has 1 unspecified atom stereocenters. The van der Waals surface area contributed by atoms with Crippen molar-refractivity contribution in [2.45, 2.75) is 62.8 Å². The van der Waals surface area contributed by atoms with E-state index in [-0.39, 0.29) is 24.3 Å². The average Bonchev–Trinajstić information content (AvgIpc) is 3.23. The number of rotatable bonds is 10. The molecule has 204 valence electrons. The van der Waals surface area contributed by atoms with E-state index in [0.717, 1.165) is 38.0 Å². The SMILES string of the molecule is COc1c(C)c2c(c(NC(=O)C(Cl)(Cl)Cl)c1C/C=C(\C)CC(CCN1CCCCC1)C(=O)O)C(=O)OC2. The van der Waals surface area contributed by atoms with Crippen LogP contribution in [0.4, 0.5) is 5.69 Å². The lowest BCUT2D eigenvalue weighted by Gasteiger charge is -2.27. The summed E-state index contributed by atoms with van der Waals surface area (Å²) >= 11 is 17.3. The Hall–Kier alpha value is -2.00. The van der Waals surface area contributed by atoms with Gasteiger partial charge in [0.15, 0.2) is 0 Å². The van der Waals surface area contributed by atoms with Crippen LogP contribution in [-0.2, 0) is 27.4 Å². The number of alkyl halides is 3. The zero-order valence-electron chi connectivity index (χ0n) is 21.3. The highest BCUT2D eigenvalue weighted by atomic mass is 35.6. The molecule has 37 heavy (non-hydrogen) atoms. The monoisotopic (exact) mass is 574 g/mol. The Kier molecular flexibility index (Phi) is 10.1. The summed E-state index contributed by atoms with van der Waals surface area (Å²) in [6.07, 6.45) is 6.63. The number of nitrogens with one attached hydrogen (secondary N) is 1. The number of piperidine rings is 1. The van der Waals surface area contributed by atoms with E-state index in [4.69, 9.17) is 44.3 Å². The molecule has 1 saturated heterocycles. The summed E-state index contributed by atoms with van der Waals surface area (Å²) in [6, 6.07) is 0. The van der Waals surface area contributed by atoms with E-state index in [1.807, 2.05) is 13.0 Å². The minimum Gasteiger partial charge on any atom is -0.496 e. The second-order valence-electron chi connectivity index (χ2n) is 9.58. The number of carboxylic acid groups (broad SMARTS) is 1. The third-order valence-corrected chi connectivity index (χ3v) is 7.50. The fourth-order valence-corrected chi connectivity index (χ4v) is 5.10. The minimum atomic E-state index is -2.25. The number of methoxy groups -OCH3 is 1. The Morgan fingerprint density at radius 1 is 1.24 bits per heavy atom. The van der Waals surface area contributed by atoms with E-state index in [9.17, 15) is 19.5 Å². The number of carbonyl (C=O) groups is 3. The number of anilines is 1. The number of allylic oxidation sites excluding steroid dienone is 2. The molecule has 0 spiro atoms. The number of cyclic esters (lactones) is 1. The lowest BCUT2D eigenvalue weighted by atomic mass is 9.92. The van der Waals surface area contributed by atoms with Crippen LogP contribution >= 0.6 is 34.8 Å². The van der Waals surface area contributed by atoms with Gasteiger partial charge >= 0.3 is 11.9 Å². The van der Waals surface area contributed by atoms with Crippen LogP contribution in [0.25, 0.3) is 0 Å². The van der Waals surface area contributed by atoms with Crippen molar-refractivity contribution in [1.29, 1.82) is 0 Å². The summed E-state index contributed by atoms with van der Waals surface area (Å²) in [7, 11) is 1.49. The van der Waals surface area contributed by atoms with E-state index >= 15 is 0 Å². The summed E-state index contributed by atoms with van der Waals surface area (Å²) in [6.45, 7) is 6.52. The van der Waals surface area contributed by atoms with Gasteiger partial charge in [-0.15, -0.1) is 0 Å². The Morgan fingerprint density at radius 2 is 1.92 bits per heavy atom. The van der Waals surface area contributed by atoms with Crippen LogP contribution in [0.15, 0.2) is 11.6 Å². The van der Waals surface area contributed by atoms with Gasteiger partial charge in [-0.2, -0.15) is 0 Å². The van der Waals surface area contributed by atoms with Gasteiger partial charge < -0.3 is 24.8 Å². The van der Waals surface area contributed by atoms with Crippen molar-refractivity contribution in [3.8, 4) is 5.75 Å². The van der Waals surface area contributed by atoms with E-state index in [1.54, 1.807) is 6.92 Å². The number of amides is 1. The molecular weight excluding hydrogens is 543 g/mol. The zero-order valence-corrected chi connectivity index (χ0v) is 23.6. The lowest BCUT2D eigenvalue weighted by molar-refractivity contribution is -0.142. The Bertz CT molecular complexity index is 1080. The summed E-state index contributed by atoms with van der Waals surface area (Å²) in [4.78, 5) is 39.4. The number of nitrogens with zero attached hydrogens (tertiary/aromatic N) is 1. The molecule has 2 N–H and O–H groups in total. The first-order chi connectivity index (χ1) is 17.4. The molecule has 2 aliphatic heterocycles. The first kappa shape index (κ1) is 29.6. The molecular formula is C26H33Cl3N2O6. The molecule has 1 amide bonds. The summed E-state index contributed by atoms with van der Waals surface area (Å²) < 4.78 is 8.62. The molecule has 0 radical (unpaired) electrons. The van der Waals surface area contributed by atoms with Crippen molar-refractivity contribution in [2.24, 2.45) is 5.92 Å². The number of likely N-dealkylation sites (tertiary alicyclic amines) is 1. The number of fused-ring (bicyclic) bond motifs is 1. The van der Waals surface area contributed by atoms with Gasteiger partial charge in [-0.3, -0.25) is 9.59 Å². The Labute approximate surface area is 232 Å². The maximum atomic E-state index is 12.6. The average molecular weight is 576 g/mol. The summed E-state index contributed by atoms with van der Waals surface area (Å²) in [5.74, 6) is -2.38. The first-order valence-electron chi connectivity index (χ1n) is 12.3. The lowest BCUT2D eigenvalue weighted by Crippen LogP contribution is -2.32. The van der Waals surface area contributed by atoms with Crippen LogP contribution < -0.4 is 10.1 Å².